The molecule has 0 aliphatic heterocycles. The predicted octanol–water partition coefficient (Wildman–Crippen LogP) is 2.91. The molecule has 0 aliphatic carbocycles. The zero-order valence-corrected chi connectivity index (χ0v) is 11.1. The Balaban J connectivity index is 2.18. The molecule has 0 amide bonds. The smallest absolute Gasteiger partial charge is 0.305 e. The SMILES string of the molecule is CCOC(=O)CCCNCc1ccc(Cl)c(F)c1. The van der Waals surface area contributed by atoms with E-state index in [2.05, 4.69) is 5.32 Å². The molecule has 5 heteroatoms. The second-order valence-electron chi connectivity index (χ2n) is 3.83. The lowest BCUT2D eigenvalue weighted by atomic mass is 10.2. The second kappa shape index (κ2) is 8.06. The molecular weight excluding hydrogens is 257 g/mol. The monoisotopic (exact) mass is 273 g/mol. The number of hydrogen-bond acceptors (Lipinski definition) is 3. The van der Waals surface area contributed by atoms with E-state index in [1.165, 1.54) is 12.1 Å². The fourth-order valence-corrected chi connectivity index (χ4v) is 1.59. The van der Waals surface area contributed by atoms with Gasteiger partial charge in [0.25, 0.3) is 0 Å². The molecule has 0 aromatic heterocycles. The van der Waals surface area contributed by atoms with Gasteiger partial charge in [0.2, 0.25) is 0 Å². The van der Waals surface area contributed by atoms with Crippen molar-refractivity contribution < 1.29 is 13.9 Å². The van der Waals surface area contributed by atoms with Gasteiger partial charge in [0.15, 0.2) is 0 Å². The Labute approximate surface area is 111 Å². The molecule has 1 aromatic rings. The number of rotatable bonds is 7. The van der Waals surface area contributed by atoms with Crippen LogP contribution in [0.1, 0.15) is 25.3 Å². The molecule has 0 radical (unpaired) electrons. The first-order chi connectivity index (χ1) is 8.63. The van der Waals surface area contributed by atoms with Gasteiger partial charge < -0.3 is 10.1 Å². The van der Waals surface area contributed by atoms with Crippen molar-refractivity contribution >= 4 is 17.6 Å². The van der Waals surface area contributed by atoms with E-state index in [0.717, 1.165) is 5.56 Å². The van der Waals surface area contributed by atoms with E-state index in [1.54, 1.807) is 13.0 Å². The lowest BCUT2D eigenvalue weighted by molar-refractivity contribution is -0.143. The summed E-state index contributed by atoms with van der Waals surface area (Å²) < 4.78 is 17.9. The van der Waals surface area contributed by atoms with Crippen molar-refractivity contribution in [1.82, 2.24) is 5.32 Å². The van der Waals surface area contributed by atoms with E-state index >= 15 is 0 Å². The van der Waals surface area contributed by atoms with Gasteiger partial charge in [-0.3, -0.25) is 4.79 Å². The maximum absolute atomic E-state index is 13.1. The maximum Gasteiger partial charge on any atom is 0.305 e. The zero-order chi connectivity index (χ0) is 13.4. The van der Waals surface area contributed by atoms with Gasteiger partial charge in [-0.25, -0.2) is 4.39 Å². The first-order valence-electron chi connectivity index (χ1n) is 5.93. The fraction of sp³-hybridized carbons (Fsp3) is 0.462. The van der Waals surface area contributed by atoms with Crippen LogP contribution < -0.4 is 5.32 Å². The quantitative estimate of drug-likeness (QED) is 0.613. The van der Waals surface area contributed by atoms with Gasteiger partial charge in [0, 0.05) is 13.0 Å². The molecule has 0 unspecified atom stereocenters. The van der Waals surface area contributed by atoms with Crippen molar-refractivity contribution in [3.05, 3.63) is 34.6 Å². The lowest BCUT2D eigenvalue weighted by Crippen LogP contribution is -2.16. The van der Waals surface area contributed by atoms with Gasteiger partial charge in [0.05, 0.1) is 11.6 Å². The van der Waals surface area contributed by atoms with Gasteiger partial charge in [-0.1, -0.05) is 17.7 Å². The van der Waals surface area contributed by atoms with Gasteiger partial charge in [0.1, 0.15) is 5.82 Å². The first-order valence-corrected chi connectivity index (χ1v) is 6.31. The van der Waals surface area contributed by atoms with Crippen LogP contribution in [0.2, 0.25) is 5.02 Å². The van der Waals surface area contributed by atoms with Crippen molar-refractivity contribution in [3.8, 4) is 0 Å². The third-order valence-corrected chi connectivity index (χ3v) is 2.66. The summed E-state index contributed by atoms with van der Waals surface area (Å²) in [5.41, 5.74) is 0.827. The molecule has 0 spiro atoms. The summed E-state index contributed by atoms with van der Waals surface area (Å²) in [6.07, 6.45) is 1.10. The zero-order valence-electron chi connectivity index (χ0n) is 10.3. The standard InChI is InChI=1S/C13H17ClFNO2/c1-2-18-13(17)4-3-7-16-9-10-5-6-11(14)12(15)8-10/h5-6,8,16H,2-4,7,9H2,1H3. The van der Waals surface area contributed by atoms with Crippen molar-refractivity contribution in [2.75, 3.05) is 13.2 Å². The molecular formula is C13H17ClFNO2. The van der Waals surface area contributed by atoms with Crippen molar-refractivity contribution in [3.63, 3.8) is 0 Å². The van der Waals surface area contributed by atoms with E-state index in [4.69, 9.17) is 16.3 Å². The van der Waals surface area contributed by atoms with Gasteiger partial charge >= 0.3 is 5.97 Å². The van der Waals surface area contributed by atoms with Crippen LogP contribution in [0.5, 0.6) is 0 Å². The van der Waals surface area contributed by atoms with Crippen LogP contribution in [0.4, 0.5) is 4.39 Å². The molecule has 0 heterocycles. The molecule has 0 atom stereocenters. The third-order valence-electron chi connectivity index (χ3n) is 2.35. The topological polar surface area (TPSA) is 38.3 Å². The summed E-state index contributed by atoms with van der Waals surface area (Å²) in [4.78, 5) is 11.0. The Morgan fingerprint density at radius 1 is 1.50 bits per heavy atom. The van der Waals surface area contributed by atoms with E-state index < -0.39 is 5.82 Å². The van der Waals surface area contributed by atoms with E-state index in [0.29, 0.717) is 32.5 Å². The van der Waals surface area contributed by atoms with Crippen LogP contribution in [0.25, 0.3) is 0 Å². The molecule has 18 heavy (non-hydrogen) atoms. The number of ether oxygens (including phenoxy) is 1. The maximum atomic E-state index is 13.1. The highest BCUT2D eigenvalue weighted by Gasteiger charge is 2.02. The summed E-state index contributed by atoms with van der Waals surface area (Å²) >= 11 is 5.58. The summed E-state index contributed by atoms with van der Waals surface area (Å²) in [5.74, 6) is -0.598. The van der Waals surface area contributed by atoms with Crippen molar-refractivity contribution in [2.24, 2.45) is 0 Å². The highest BCUT2D eigenvalue weighted by molar-refractivity contribution is 6.30. The highest BCUT2D eigenvalue weighted by atomic mass is 35.5. The van der Waals surface area contributed by atoms with Gasteiger partial charge in [-0.15, -0.1) is 0 Å². The predicted molar refractivity (Wildman–Crippen MR) is 69.0 cm³/mol. The average Bonchev–Trinajstić information content (AvgIpc) is 2.33. The fourth-order valence-electron chi connectivity index (χ4n) is 1.47. The first kappa shape index (κ1) is 14.9. The number of carbonyl (C=O) groups excluding carboxylic acids is 1. The third kappa shape index (κ3) is 5.47. The van der Waals surface area contributed by atoms with Crippen LogP contribution in [-0.2, 0) is 16.1 Å². The number of halogens is 2. The van der Waals surface area contributed by atoms with Crippen molar-refractivity contribution in [2.45, 2.75) is 26.3 Å². The molecule has 1 aromatic carbocycles. The van der Waals surface area contributed by atoms with Crippen LogP contribution >= 0.6 is 11.6 Å². The minimum atomic E-state index is -0.414. The van der Waals surface area contributed by atoms with Crippen molar-refractivity contribution in [1.29, 1.82) is 0 Å². The summed E-state index contributed by atoms with van der Waals surface area (Å²) in [6, 6.07) is 4.71. The van der Waals surface area contributed by atoms with Crippen LogP contribution in [0.15, 0.2) is 18.2 Å². The summed E-state index contributed by atoms with van der Waals surface area (Å²) in [6.45, 7) is 3.43. The number of carbonyl (C=O) groups is 1. The largest absolute Gasteiger partial charge is 0.466 e. The Kier molecular flexibility index (Phi) is 6.68. The van der Waals surface area contributed by atoms with Crippen LogP contribution in [0, 0.1) is 5.82 Å². The Hall–Kier alpha value is -1.13. The van der Waals surface area contributed by atoms with Crippen LogP contribution in [-0.4, -0.2) is 19.1 Å². The molecule has 1 rings (SSSR count). The number of esters is 1. The number of benzene rings is 1. The molecule has 0 fully saturated rings. The second-order valence-corrected chi connectivity index (χ2v) is 4.24. The Morgan fingerprint density at radius 3 is 2.94 bits per heavy atom. The molecule has 1 N–H and O–H groups in total. The lowest BCUT2D eigenvalue weighted by Gasteiger charge is -2.05. The molecule has 0 saturated carbocycles. The van der Waals surface area contributed by atoms with E-state index in [1.807, 2.05) is 0 Å². The summed E-state index contributed by atoms with van der Waals surface area (Å²) in [5, 5.41) is 3.25. The van der Waals surface area contributed by atoms with E-state index in [9.17, 15) is 9.18 Å². The minimum Gasteiger partial charge on any atom is -0.466 e. The average molecular weight is 274 g/mol. The molecule has 0 aliphatic rings. The van der Waals surface area contributed by atoms with E-state index in [-0.39, 0.29) is 11.0 Å². The normalized spacial score (nSPS) is 10.4. The molecule has 0 bridgehead atoms. The summed E-state index contributed by atoms with van der Waals surface area (Å²) in [7, 11) is 0. The Bertz CT molecular complexity index is 399. The van der Waals surface area contributed by atoms with Gasteiger partial charge in [-0.2, -0.15) is 0 Å². The van der Waals surface area contributed by atoms with Gasteiger partial charge in [-0.05, 0) is 37.6 Å². The molecule has 0 saturated heterocycles. The van der Waals surface area contributed by atoms with Crippen LogP contribution in [0.3, 0.4) is 0 Å². The Morgan fingerprint density at radius 2 is 2.28 bits per heavy atom. The highest BCUT2D eigenvalue weighted by Crippen LogP contribution is 2.15. The number of hydrogen-bond donors (Lipinski definition) is 1. The molecule has 3 nitrogen and oxygen atoms in total. The minimum absolute atomic E-state index is 0.126. The molecule has 100 valence electrons. The number of nitrogens with one attached hydrogen (secondary N) is 1.